The van der Waals surface area contributed by atoms with Crippen LogP contribution < -0.4 is 30.4 Å². The van der Waals surface area contributed by atoms with Crippen LogP contribution in [0.4, 0.5) is 10.5 Å². The van der Waals surface area contributed by atoms with E-state index in [4.69, 9.17) is 14.2 Å². The first-order valence-electron chi connectivity index (χ1n) is 7.41. The maximum Gasteiger partial charge on any atom is 0.337 e. The number of hydrazine groups is 1. The van der Waals surface area contributed by atoms with E-state index in [1.165, 1.54) is 33.5 Å². The first-order chi connectivity index (χ1) is 12.5. The van der Waals surface area contributed by atoms with Crippen LogP contribution in [-0.2, 0) is 0 Å². The summed E-state index contributed by atoms with van der Waals surface area (Å²) in [5.74, 6) is 0.476. The zero-order valence-corrected chi connectivity index (χ0v) is 16.0. The lowest BCUT2D eigenvalue weighted by Gasteiger charge is -2.14. The molecular formula is C17H18BrN3O5. The van der Waals surface area contributed by atoms with Gasteiger partial charge in [0, 0.05) is 22.3 Å². The minimum Gasteiger partial charge on any atom is -0.496 e. The van der Waals surface area contributed by atoms with Crippen LogP contribution in [0, 0.1) is 0 Å². The van der Waals surface area contributed by atoms with E-state index in [1.54, 1.807) is 24.3 Å². The van der Waals surface area contributed by atoms with E-state index < -0.39 is 11.9 Å². The van der Waals surface area contributed by atoms with Crippen molar-refractivity contribution in [3.63, 3.8) is 0 Å². The largest absolute Gasteiger partial charge is 0.496 e. The van der Waals surface area contributed by atoms with Crippen LogP contribution in [0.1, 0.15) is 10.4 Å². The summed E-state index contributed by atoms with van der Waals surface area (Å²) < 4.78 is 16.4. The van der Waals surface area contributed by atoms with Gasteiger partial charge in [-0.3, -0.25) is 10.2 Å². The summed E-state index contributed by atoms with van der Waals surface area (Å²) in [6, 6.07) is 9.37. The minimum atomic E-state index is -0.597. The van der Waals surface area contributed by atoms with Gasteiger partial charge in [-0.2, -0.15) is 0 Å². The number of hydrogen-bond donors (Lipinski definition) is 3. The van der Waals surface area contributed by atoms with E-state index in [0.717, 1.165) is 4.47 Å². The molecule has 0 saturated heterocycles. The number of hydrogen-bond acceptors (Lipinski definition) is 5. The zero-order chi connectivity index (χ0) is 19.1. The van der Waals surface area contributed by atoms with Crippen LogP contribution in [0.25, 0.3) is 0 Å². The molecule has 2 rings (SSSR count). The predicted molar refractivity (Wildman–Crippen MR) is 99.9 cm³/mol. The van der Waals surface area contributed by atoms with E-state index in [0.29, 0.717) is 17.2 Å². The molecule has 138 valence electrons. The van der Waals surface area contributed by atoms with Crippen molar-refractivity contribution in [3.05, 3.63) is 46.4 Å². The molecule has 0 saturated carbocycles. The van der Waals surface area contributed by atoms with Crippen LogP contribution in [-0.4, -0.2) is 33.3 Å². The SMILES string of the molecule is COc1cc(OC)c(C(=O)NNC(=O)Nc2ccc(Br)cc2)cc1OC. The number of ether oxygens (including phenoxy) is 3. The number of urea groups is 1. The lowest BCUT2D eigenvalue weighted by atomic mass is 10.1. The van der Waals surface area contributed by atoms with Gasteiger partial charge in [-0.15, -0.1) is 0 Å². The summed E-state index contributed by atoms with van der Waals surface area (Å²) in [7, 11) is 4.35. The Bertz CT molecular complexity index is 796. The van der Waals surface area contributed by atoms with Gasteiger partial charge in [0.25, 0.3) is 5.91 Å². The van der Waals surface area contributed by atoms with E-state index in [1.807, 2.05) is 0 Å². The molecule has 0 heterocycles. The maximum atomic E-state index is 12.4. The van der Waals surface area contributed by atoms with E-state index in [2.05, 4.69) is 32.1 Å². The fraction of sp³-hybridized carbons (Fsp3) is 0.176. The van der Waals surface area contributed by atoms with Crippen molar-refractivity contribution in [3.8, 4) is 17.2 Å². The number of nitrogens with one attached hydrogen (secondary N) is 3. The van der Waals surface area contributed by atoms with Crippen molar-refractivity contribution in [1.82, 2.24) is 10.9 Å². The summed E-state index contributed by atoms with van der Waals surface area (Å²) in [6.07, 6.45) is 0. The molecule has 0 unspecified atom stereocenters. The van der Waals surface area contributed by atoms with Crippen LogP contribution in [0.15, 0.2) is 40.9 Å². The second kappa shape index (κ2) is 8.95. The molecule has 0 fully saturated rings. The van der Waals surface area contributed by atoms with Crippen molar-refractivity contribution < 1.29 is 23.8 Å². The highest BCUT2D eigenvalue weighted by molar-refractivity contribution is 9.10. The number of halogens is 1. The molecule has 0 aliphatic heterocycles. The van der Waals surface area contributed by atoms with Crippen LogP contribution in [0.3, 0.4) is 0 Å². The number of carbonyl (C=O) groups excluding carboxylic acids is 2. The Morgan fingerprint density at radius 1 is 0.846 bits per heavy atom. The minimum absolute atomic E-state index is 0.175. The average Bonchev–Trinajstić information content (AvgIpc) is 2.66. The summed E-state index contributed by atoms with van der Waals surface area (Å²) in [6.45, 7) is 0. The molecule has 0 aliphatic rings. The van der Waals surface area contributed by atoms with E-state index in [-0.39, 0.29) is 11.3 Å². The summed E-state index contributed by atoms with van der Waals surface area (Å²) in [5.41, 5.74) is 5.33. The molecule has 0 aromatic heterocycles. The Morgan fingerprint density at radius 2 is 1.42 bits per heavy atom. The lowest BCUT2D eigenvalue weighted by molar-refractivity contribution is 0.0934. The fourth-order valence-corrected chi connectivity index (χ4v) is 2.35. The third-order valence-corrected chi connectivity index (χ3v) is 3.87. The van der Waals surface area contributed by atoms with Crippen molar-refractivity contribution in [2.75, 3.05) is 26.6 Å². The standard InChI is InChI=1S/C17H18BrN3O5/c1-24-13-9-15(26-3)14(25-2)8-12(13)16(22)20-21-17(23)19-11-6-4-10(18)5-7-11/h4-9H,1-3H3,(H,20,22)(H2,19,21,23). The highest BCUT2D eigenvalue weighted by Crippen LogP contribution is 2.34. The number of amides is 3. The first-order valence-corrected chi connectivity index (χ1v) is 8.20. The van der Waals surface area contributed by atoms with Gasteiger partial charge in [0.05, 0.1) is 26.9 Å². The van der Waals surface area contributed by atoms with Gasteiger partial charge < -0.3 is 19.5 Å². The molecule has 0 aliphatic carbocycles. The predicted octanol–water partition coefficient (Wildman–Crippen LogP) is 2.94. The number of rotatable bonds is 5. The third-order valence-electron chi connectivity index (χ3n) is 3.34. The molecule has 0 bridgehead atoms. The number of anilines is 1. The topological polar surface area (TPSA) is 97.9 Å². The first kappa shape index (κ1) is 19.4. The summed E-state index contributed by atoms with van der Waals surface area (Å²) in [5, 5.41) is 2.58. The Morgan fingerprint density at radius 3 is 2.00 bits per heavy atom. The number of carbonyl (C=O) groups is 2. The summed E-state index contributed by atoms with van der Waals surface area (Å²) in [4.78, 5) is 24.2. The molecule has 8 nitrogen and oxygen atoms in total. The molecule has 26 heavy (non-hydrogen) atoms. The molecule has 3 N–H and O–H groups in total. The summed E-state index contributed by atoms with van der Waals surface area (Å²) >= 11 is 3.31. The monoisotopic (exact) mass is 423 g/mol. The molecule has 0 radical (unpaired) electrons. The Labute approximate surface area is 158 Å². The smallest absolute Gasteiger partial charge is 0.337 e. The highest BCUT2D eigenvalue weighted by atomic mass is 79.9. The third kappa shape index (κ3) is 4.79. The van der Waals surface area contributed by atoms with Gasteiger partial charge in [-0.1, -0.05) is 15.9 Å². The second-order valence-corrected chi connectivity index (χ2v) is 5.86. The molecule has 2 aromatic carbocycles. The van der Waals surface area contributed by atoms with Crippen molar-refractivity contribution in [2.45, 2.75) is 0 Å². The number of methoxy groups -OCH3 is 3. The van der Waals surface area contributed by atoms with Crippen LogP contribution in [0.2, 0.25) is 0 Å². The highest BCUT2D eigenvalue weighted by Gasteiger charge is 2.18. The molecular weight excluding hydrogens is 406 g/mol. The zero-order valence-electron chi connectivity index (χ0n) is 14.4. The Balaban J connectivity index is 2.04. The van der Waals surface area contributed by atoms with Crippen molar-refractivity contribution >= 4 is 33.6 Å². The molecule has 9 heteroatoms. The van der Waals surface area contributed by atoms with Crippen LogP contribution >= 0.6 is 15.9 Å². The Hall–Kier alpha value is -2.94. The van der Waals surface area contributed by atoms with Crippen LogP contribution in [0.5, 0.6) is 17.2 Å². The van der Waals surface area contributed by atoms with Gasteiger partial charge in [0.15, 0.2) is 11.5 Å². The average molecular weight is 424 g/mol. The molecule has 3 amide bonds. The quantitative estimate of drug-likeness (QED) is 0.642. The number of benzene rings is 2. The van der Waals surface area contributed by atoms with E-state index in [9.17, 15) is 9.59 Å². The van der Waals surface area contributed by atoms with Crippen molar-refractivity contribution in [1.29, 1.82) is 0 Å². The van der Waals surface area contributed by atoms with Gasteiger partial charge in [0.2, 0.25) is 0 Å². The van der Waals surface area contributed by atoms with Gasteiger partial charge in [-0.25, -0.2) is 10.2 Å². The molecule has 0 atom stereocenters. The normalized spacial score (nSPS) is 9.85. The molecule has 2 aromatic rings. The van der Waals surface area contributed by atoms with E-state index >= 15 is 0 Å². The maximum absolute atomic E-state index is 12.4. The lowest BCUT2D eigenvalue weighted by Crippen LogP contribution is -2.44. The van der Waals surface area contributed by atoms with Gasteiger partial charge in [-0.05, 0) is 24.3 Å². The van der Waals surface area contributed by atoms with Gasteiger partial charge in [0.1, 0.15) is 5.75 Å². The molecule has 0 spiro atoms. The van der Waals surface area contributed by atoms with Crippen molar-refractivity contribution in [2.24, 2.45) is 0 Å². The Kier molecular flexibility index (Phi) is 6.67. The fourth-order valence-electron chi connectivity index (χ4n) is 2.08. The van der Waals surface area contributed by atoms with Gasteiger partial charge >= 0.3 is 6.03 Å². The second-order valence-electron chi connectivity index (χ2n) is 4.95.